The van der Waals surface area contributed by atoms with Gasteiger partial charge in [-0.25, -0.2) is 9.67 Å². The van der Waals surface area contributed by atoms with E-state index in [2.05, 4.69) is 10.1 Å². The summed E-state index contributed by atoms with van der Waals surface area (Å²) in [7, 11) is 1.67. The standard InChI is InChI=1S/C19H17ClN6O2S/c1-24(8-2-7-21)16(27)9-14-11-29-19-23-17-15(18(28)25(14)19)10-22-26(17)13-5-3-12(20)4-6-13/h3-6,10,14H,2,8-9,11H2,1H3. The van der Waals surface area contributed by atoms with Gasteiger partial charge in [-0.2, -0.15) is 10.4 Å². The molecule has 29 heavy (non-hydrogen) atoms. The maximum absolute atomic E-state index is 13.1. The molecule has 0 saturated heterocycles. The quantitative estimate of drug-likeness (QED) is 0.579. The number of rotatable bonds is 5. The molecule has 1 aliphatic heterocycles. The molecule has 1 aliphatic rings. The minimum Gasteiger partial charge on any atom is -0.345 e. The Labute approximate surface area is 175 Å². The Hall–Kier alpha value is -2.83. The van der Waals surface area contributed by atoms with Gasteiger partial charge in [0.15, 0.2) is 10.8 Å². The van der Waals surface area contributed by atoms with Crippen LogP contribution in [0.15, 0.2) is 40.4 Å². The predicted molar refractivity (Wildman–Crippen MR) is 110 cm³/mol. The molecule has 0 bridgehead atoms. The average Bonchev–Trinajstić information content (AvgIpc) is 3.32. The van der Waals surface area contributed by atoms with Crippen LogP contribution >= 0.6 is 23.4 Å². The number of hydrogen-bond donors (Lipinski definition) is 0. The second-order valence-corrected chi connectivity index (χ2v) is 8.16. The summed E-state index contributed by atoms with van der Waals surface area (Å²) in [4.78, 5) is 31.8. The van der Waals surface area contributed by atoms with E-state index >= 15 is 0 Å². The predicted octanol–water partition coefficient (Wildman–Crippen LogP) is 2.64. The number of carbonyl (C=O) groups excluding carboxylic acids is 1. The van der Waals surface area contributed by atoms with E-state index in [1.165, 1.54) is 22.9 Å². The van der Waals surface area contributed by atoms with Crippen molar-refractivity contribution < 1.29 is 4.79 Å². The number of halogens is 1. The molecule has 10 heteroatoms. The smallest absolute Gasteiger partial charge is 0.265 e. The van der Waals surface area contributed by atoms with E-state index in [-0.39, 0.29) is 30.3 Å². The van der Waals surface area contributed by atoms with Gasteiger partial charge in [-0.1, -0.05) is 23.4 Å². The molecule has 148 valence electrons. The second kappa shape index (κ2) is 7.89. The van der Waals surface area contributed by atoms with Crippen molar-refractivity contribution in [3.8, 4) is 11.8 Å². The van der Waals surface area contributed by atoms with Crippen molar-refractivity contribution in [1.29, 1.82) is 5.26 Å². The number of nitrogens with zero attached hydrogens (tertiary/aromatic N) is 6. The molecule has 0 fully saturated rings. The normalized spacial score (nSPS) is 15.3. The van der Waals surface area contributed by atoms with Crippen LogP contribution in [0, 0.1) is 11.3 Å². The van der Waals surface area contributed by atoms with Crippen molar-refractivity contribution in [2.24, 2.45) is 0 Å². The van der Waals surface area contributed by atoms with Crippen molar-refractivity contribution in [1.82, 2.24) is 24.2 Å². The number of amides is 1. The molecule has 3 aromatic rings. The molecule has 3 heterocycles. The summed E-state index contributed by atoms with van der Waals surface area (Å²) in [6.07, 6.45) is 1.98. The largest absolute Gasteiger partial charge is 0.345 e. The summed E-state index contributed by atoms with van der Waals surface area (Å²) in [5.74, 6) is 0.503. The van der Waals surface area contributed by atoms with Crippen molar-refractivity contribution >= 4 is 40.3 Å². The van der Waals surface area contributed by atoms with E-state index < -0.39 is 0 Å². The number of aromatic nitrogens is 4. The fourth-order valence-corrected chi connectivity index (χ4v) is 4.51. The summed E-state index contributed by atoms with van der Waals surface area (Å²) in [6.45, 7) is 0.377. The Kier molecular flexibility index (Phi) is 5.30. The van der Waals surface area contributed by atoms with E-state index in [4.69, 9.17) is 16.9 Å². The lowest BCUT2D eigenvalue weighted by atomic mass is 10.2. The van der Waals surface area contributed by atoms with Crippen molar-refractivity contribution in [2.75, 3.05) is 19.3 Å². The van der Waals surface area contributed by atoms with E-state index in [9.17, 15) is 9.59 Å². The SMILES string of the molecule is CN(CCC#N)C(=O)CC1CSc2nc3c(cnn3-c3ccc(Cl)cc3)c(=O)n21. The zero-order valence-electron chi connectivity index (χ0n) is 15.6. The van der Waals surface area contributed by atoms with Crippen LogP contribution < -0.4 is 5.56 Å². The molecule has 0 N–H and O–H groups in total. The van der Waals surface area contributed by atoms with Gasteiger partial charge >= 0.3 is 0 Å². The molecular weight excluding hydrogens is 412 g/mol. The zero-order chi connectivity index (χ0) is 20.5. The van der Waals surface area contributed by atoms with Gasteiger partial charge in [-0.3, -0.25) is 14.2 Å². The Balaban J connectivity index is 1.67. The highest BCUT2D eigenvalue weighted by Crippen LogP contribution is 2.33. The summed E-state index contributed by atoms with van der Waals surface area (Å²) < 4.78 is 3.21. The summed E-state index contributed by atoms with van der Waals surface area (Å²) >= 11 is 7.41. The fourth-order valence-electron chi connectivity index (χ4n) is 3.25. The Morgan fingerprint density at radius 2 is 2.17 bits per heavy atom. The molecule has 4 rings (SSSR count). The van der Waals surface area contributed by atoms with Crippen LogP contribution in [0.25, 0.3) is 16.7 Å². The maximum atomic E-state index is 13.1. The van der Waals surface area contributed by atoms with E-state index in [1.54, 1.807) is 28.4 Å². The molecule has 0 spiro atoms. The Morgan fingerprint density at radius 1 is 1.41 bits per heavy atom. The third kappa shape index (κ3) is 3.61. The van der Waals surface area contributed by atoms with Gasteiger partial charge in [0.05, 0.1) is 30.4 Å². The lowest BCUT2D eigenvalue weighted by molar-refractivity contribution is -0.130. The molecule has 1 unspecified atom stereocenters. The third-order valence-corrected chi connectivity index (χ3v) is 6.19. The number of nitriles is 1. The molecule has 0 aliphatic carbocycles. The molecule has 2 aromatic heterocycles. The number of carbonyl (C=O) groups is 1. The number of benzene rings is 1. The van der Waals surface area contributed by atoms with Gasteiger partial charge in [-0.15, -0.1) is 0 Å². The van der Waals surface area contributed by atoms with Crippen LogP contribution in [0.5, 0.6) is 0 Å². The van der Waals surface area contributed by atoms with E-state index in [0.29, 0.717) is 33.5 Å². The lowest BCUT2D eigenvalue weighted by Crippen LogP contribution is -2.32. The minimum absolute atomic E-state index is 0.0949. The number of hydrogen-bond acceptors (Lipinski definition) is 6. The molecule has 0 saturated carbocycles. The van der Waals surface area contributed by atoms with Crippen LogP contribution in [0.1, 0.15) is 18.9 Å². The van der Waals surface area contributed by atoms with Gasteiger partial charge in [0, 0.05) is 30.8 Å². The van der Waals surface area contributed by atoms with Crippen molar-refractivity contribution in [3.05, 3.63) is 45.8 Å². The maximum Gasteiger partial charge on any atom is 0.265 e. The van der Waals surface area contributed by atoms with Gasteiger partial charge < -0.3 is 4.90 Å². The Bertz CT molecular complexity index is 1180. The van der Waals surface area contributed by atoms with Crippen molar-refractivity contribution in [3.63, 3.8) is 0 Å². The topological polar surface area (TPSA) is 96.8 Å². The van der Waals surface area contributed by atoms with Crippen LogP contribution in [0.4, 0.5) is 0 Å². The van der Waals surface area contributed by atoms with Crippen LogP contribution in [0.2, 0.25) is 5.02 Å². The molecule has 0 radical (unpaired) electrons. The molecule has 1 amide bonds. The first-order valence-corrected chi connectivity index (χ1v) is 10.4. The number of fused-ring (bicyclic) bond motifs is 2. The molecule has 1 atom stereocenters. The van der Waals surface area contributed by atoms with Crippen LogP contribution in [0.3, 0.4) is 0 Å². The van der Waals surface area contributed by atoms with Gasteiger partial charge in [0.2, 0.25) is 5.91 Å². The molecule has 1 aromatic carbocycles. The minimum atomic E-state index is -0.268. The summed E-state index contributed by atoms with van der Waals surface area (Å²) in [5.41, 5.74) is 1.04. The zero-order valence-corrected chi connectivity index (χ0v) is 17.2. The highest BCUT2D eigenvalue weighted by molar-refractivity contribution is 7.99. The molecule has 8 nitrogen and oxygen atoms in total. The lowest BCUT2D eigenvalue weighted by Gasteiger charge is -2.19. The first-order valence-electron chi connectivity index (χ1n) is 8.99. The second-order valence-electron chi connectivity index (χ2n) is 6.73. The highest BCUT2D eigenvalue weighted by Gasteiger charge is 2.30. The summed E-state index contributed by atoms with van der Waals surface area (Å²) in [5, 5.41) is 14.6. The fraction of sp³-hybridized carbons (Fsp3) is 0.316. The van der Waals surface area contributed by atoms with Crippen LogP contribution in [-0.2, 0) is 4.79 Å². The Morgan fingerprint density at radius 3 is 2.90 bits per heavy atom. The number of thioether (sulfide) groups is 1. The van der Waals surface area contributed by atoms with E-state index in [1.807, 2.05) is 18.2 Å². The summed E-state index contributed by atoms with van der Waals surface area (Å²) in [6, 6.07) is 8.90. The average molecular weight is 429 g/mol. The van der Waals surface area contributed by atoms with E-state index in [0.717, 1.165) is 5.69 Å². The first-order chi connectivity index (χ1) is 14.0. The first kappa shape index (κ1) is 19.5. The third-order valence-electron chi connectivity index (χ3n) is 4.84. The van der Waals surface area contributed by atoms with Gasteiger partial charge in [-0.05, 0) is 24.3 Å². The van der Waals surface area contributed by atoms with Gasteiger partial charge in [0.1, 0.15) is 5.39 Å². The van der Waals surface area contributed by atoms with Crippen LogP contribution in [-0.4, -0.2) is 49.5 Å². The van der Waals surface area contributed by atoms with Gasteiger partial charge in [0.25, 0.3) is 5.56 Å². The van der Waals surface area contributed by atoms with Crippen molar-refractivity contribution in [2.45, 2.75) is 24.0 Å². The monoisotopic (exact) mass is 428 g/mol. The molecular formula is C19H17ClN6O2S. The highest BCUT2D eigenvalue weighted by atomic mass is 35.5.